The van der Waals surface area contributed by atoms with Gasteiger partial charge in [0.05, 0.1) is 25.0 Å². The fourth-order valence-corrected chi connectivity index (χ4v) is 3.27. The number of aryl methyl sites for hydroxylation is 2. The molecule has 4 heterocycles. The van der Waals surface area contributed by atoms with Crippen molar-refractivity contribution in [3.63, 3.8) is 0 Å². The van der Waals surface area contributed by atoms with E-state index in [9.17, 15) is 9.18 Å². The number of fused-ring (bicyclic) bond motifs is 1. The summed E-state index contributed by atoms with van der Waals surface area (Å²) in [5.41, 5.74) is 0.788. The molecule has 1 amide bonds. The summed E-state index contributed by atoms with van der Waals surface area (Å²) in [5.74, 6) is -0.196. The lowest BCUT2D eigenvalue weighted by atomic mass is 10.3. The van der Waals surface area contributed by atoms with Crippen LogP contribution in [-0.4, -0.2) is 56.4 Å². The van der Waals surface area contributed by atoms with Crippen molar-refractivity contribution in [2.75, 3.05) is 19.7 Å². The maximum absolute atomic E-state index is 14.2. The van der Waals surface area contributed by atoms with Crippen molar-refractivity contribution in [2.24, 2.45) is 0 Å². The van der Waals surface area contributed by atoms with Gasteiger partial charge in [-0.25, -0.2) is 9.67 Å². The number of hydrogen-bond acceptors (Lipinski definition) is 6. The lowest BCUT2D eigenvalue weighted by Gasteiger charge is -2.19. The highest BCUT2D eigenvalue weighted by Crippen LogP contribution is 2.26. The highest BCUT2D eigenvalue weighted by molar-refractivity contribution is 5.96. The molecule has 0 radical (unpaired) electrons. The Bertz CT molecular complexity index is 825. The van der Waals surface area contributed by atoms with Crippen LogP contribution in [-0.2, 0) is 13.0 Å². The maximum Gasteiger partial charge on any atom is 0.261 e. The summed E-state index contributed by atoms with van der Waals surface area (Å²) in [4.78, 5) is 22.2. The van der Waals surface area contributed by atoms with Gasteiger partial charge < -0.3 is 14.4 Å². The van der Waals surface area contributed by atoms with Crippen molar-refractivity contribution in [2.45, 2.75) is 38.8 Å². The zero-order valence-electron chi connectivity index (χ0n) is 14.5. The number of amides is 1. The molecule has 1 unspecified atom stereocenters. The van der Waals surface area contributed by atoms with Crippen molar-refractivity contribution in [1.82, 2.24) is 24.6 Å². The van der Waals surface area contributed by atoms with Gasteiger partial charge in [0.1, 0.15) is 18.0 Å². The van der Waals surface area contributed by atoms with Crippen molar-refractivity contribution in [1.29, 1.82) is 0 Å². The Balaban J connectivity index is 1.44. The van der Waals surface area contributed by atoms with Crippen LogP contribution < -0.4 is 9.47 Å². The number of likely N-dealkylation sites (tertiary alicyclic amines) is 1. The Morgan fingerprint density at radius 3 is 3.15 bits per heavy atom. The van der Waals surface area contributed by atoms with Crippen molar-refractivity contribution in [3.05, 3.63) is 29.6 Å². The first-order valence-corrected chi connectivity index (χ1v) is 8.81. The number of nitrogens with zero attached hydrogens (tertiary/aromatic N) is 5. The van der Waals surface area contributed by atoms with Crippen molar-refractivity contribution in [3.8, 4) is 11.8 Å². The number of hydrogen-bond donors (Lipinski definition) is 0. The molecular formula is C17H20FN5O3. The molecule has 0 saturated carbocycles. The van der Waals surface area contributed by atoms with Gasteiger partial charge >= 0.3 is 0 Å². The third-order valence-electron chi connectivity index (χ3n) is 4.65. The Labute approximate surface area is 149 Å². The molecule has 2 aromatic rings. The molecule has 2 aliphatic rings. The quantitative estimate of drug-likeness (QED) is 0.820. The fourth-order valence-electron chi connectivity index (χ4n) is 3.27. The van der Waals surface area contributed by atoms with E-state index in [1.807, 2.05) is 6.92 Å². The zero-order valence-corrected chi connectivity index (χ0v) is 14.5. The molecule has 2 aromatic heterocycles. The van der Waals surface area contributed by atoms with Crippen LogP contribution in [0.4, 0.5) is 4.39 Å². The molecule has 1 saturated heterocycles. The van der Waals surface area contributed by atoms with Gasteiger partial charge in [0.25, 0.3) is 11.8 Å². The van der Waals surface area contributed by atoms with Gasteiger partial charge in [-0.05, 0) is 6.42 Å². The highest BCUT2D eigenvalue weighted by atomic mass is 19.1. The van der Waals surface area contributed by atoms with Crippen LogP contribution in [0.1, 0.15) is 35.8 Å². The number of aromatic nitrogens is 4. The van der Waals surface area contributed by atoms with E-state index in [2.05, 4.69) is 15.1 Å². The van der Waals surface area contributed by atoms with Crippen LogP contribution in [0.5, 0.6) is 11.8 Å². The molecule has 0 spiro atoms. The molecule has 0 aromatic carbocycles. The van der Waals surface area contributed by atoms with Crippen LogP contribution in [0.3, 0.4) is 0 Å². The first-order chi connectivity index (χ1) is 12.7. The van der Waals surface area contributed by atoms with E-state index in [1.54, 1.807) is 15.8 Å². The third kappa shape index (κ3) is 2.97. The van der Waals surface area contributed by atoms with E-state index in [0.29, 0.717) is 49.7 Å². The second kappa shape index (κ2) is 6.89. The summed E-state index contributed by atoms with van der Waals surface area (Å²) < 4.78 is 27.2. The van der Waals surface area contributed by atoms with Crippen LogP contribution in [0, 0.1) is 5.82 Å². The summed E-state index contributed by atoms with van der Waals surface area (Å²) in [6.07, 6.45) is 4.50. The van der Waals surface area contributed by atoms with Gasteiger partial charge in [-0.2, -0.15) is 14.5 Å². The Hall–Kier alpha value is -2.71. The predicted octanol–water partition coefficient (Wildman–Crippen LogP) is 1.45. The molecule has 138 valence electrons. The van der Waals surface area contributed by atoms with Crippen LogP contribution in [0.25, 0.3) is 0 Å². The van der Waals surface area contributed by atoms with E-state index in [-0.39, 0.29) is 17.9 Å². The monoisotopic (exact) mass is 361 g/mol. The molecule has 26 heavy (non-hydrogen) atoms. The first kappa shape index (κ1) is 16.7. The summed E-state index contributed by atoms with van der Waals surface area (Å²) in [6, 6.07) is 0. The van der Waals surface area contributed by atoms with E-state index >= 15 is 0 Å². The molecule has 4 rings (SSSR count). The number of ether oxygens (including phenoxy) is 2. The summed E-state index contributed by atoms with van der Waals surface area (Å²) in [7, 11) is 0. The first-order valence-electron chi connectivity index (χ1n) is 8.81. The third-order valence-corrected chi connectivity index (χ3v) is 4.65. The van der Waals surface area contributed by atoms with Gasteiger partial charge in [-0.1, -0.05) is 6.92 Å². The minimum atomic E-state index is -0.529. The summed E-state index contributed by atoms with van der Waals surface area (Å²) in [5, 5.41) is 4.21. The molecule has 0 aliphatic carbocycles. The number of carbonyl (C=O) groups excluding carboxylic acids is 1. The van der Waals surface area contributed by atoms with Crippen molar-refractivity contribution >= 4 is 5.91 Å². The molecule has 0 N–H and O–H groups in total. The lowest BCUT2D eigenvalue weighted by molar-refractivity contribution is 0.0763. The molecule has 2 aliphatic heterocycles. The minimum Gasteiger partial charge on any atom is -0.477 e. The minimum absolute atomic E-state index is 0.0533. The largest absolute Gasteiger partial charge is 0.477 e. The Morgan fingerprint density at radius 1 is 1.42 bits per heavy atom. The molecule has 1 atom stereocenters. The fraction of sp³-hybridized carbons (Fsp3) is 0.529. The highest BCUT2D eigenvalue weighted by Gasteiger charge is 2.32. The summed E-state index contributed by atoms with van der Waals surface area (Å²) in [6.45, 7) is 4.06. The van der Waals surface area contributed by atoms with E-state index in [0.717, 1.165) is 13.0 Å². The number of halogens is 1. The smallest absolute Gasteiger partial charge is 0.261 e. The van der Waals surface area contributed by atoms with E-state index < -0.39 is 5.82 Å². The molecule has 9 heteroatoms. The van der Waals surface area contributed by atoms with Crippen molar-refractivity contribution < 1.29 is 18.7 Å². The zero-order chi connectivity index (χ0) is 18.1. The standard InChI is InChI=1S/C17H20FN5O3/c1-2-13-14(18)15(20-10-19-13)26-11-4-6-22(9-11)16(24)12-8-21-23-5-3-7-25-17(12)23/h8,10-11H,2-7,9H2,1H3. The van der Waals surface area contributed by atoms with Gasteiger partial charge in [0, 0.05) is 25.9 Å². The average Bonchev–Trinajstić information content (AvgIpc) is 3.30. The lowest BCUT2D eigenvalue weighted by Crippen LogP contribution is -2.31. The van der Waals surface area contributed by atoms with Gasteiger partial charge in [-0.3, -0.25) is 4.79 Å². The van der Waals surface area contributed by atoms with Gasteiger partial charge in [-0.15, -0.1) is 0 Å². The Kier molecular flexibility index (Phi) is 4.44. The van der Waals surface area contributed by atoms with Gasteiger partial charge in [0.15, 0.2) is 0 Å². The normalized spacial score (nSPS) is 19.2. The second-order valence-electron chi connectivity index (χ2n) is 6.36. The number of carbonyl (C=O) groups is 1. The van der Waals surface area contributed by atoms with Gasteiger partial charge in [0.2, 0.25) is 11.7 Å². The molecular weight excluding hydrogens is 341 g/mol. The van der Waals surface area contributed by atoms with E-state index in [4.69, 9.17) is 9.47 Å². The number of rotatable bonds is 4. The van der Waals surface area contributed by atoms with Crippen LogP contribution in [0.15, 0.2) is 12.5 Å². The van der Waals surface area contributed by atoms with Crippen LogP contribution >= 0.6 is 0 Å². The second-order valence-corrected chi connectivity index (χ2v) is 6.36. The maximum atomic E-state index is 14.2. The van der Waals surface area contributed by atoms with Crippen LogP contribution in [0.2, 0.25) is 0 Å². The summed E-state index contributed by atoms with van der Waals surface area (Å²) >= 11 is 0. The SMILES string of the molecule is CCc1ncnc(OC2CCN(C(=O)c3cnn4c3OCCC4)C2)c1F. The average molecular weight is 361 g/mol. The molecule has 0 bridgehead atoms. The van der Waals surface area contributed by atoms with E-state index in [1.165, 1.54) is 6.33 Å². The topological polar surface area (TPSA) is 82.4 Å². The predicted molar refractivity (Wildman–Crippen MR) is 88.6 cm³/mol. The Morgan fingerprint density at radius 2 is 2.31 bits per heavy atom. The molecule has 8 nitrogen and oxygen atoms in total. The molecule has 1 fully saturated rings.